The summed E-state index contributed by atoms with van der Waals surface area (Å²) >= 11 is 0. The molecule has 0 spiro atoms. The van der Waals surface area contributed by atoms with E-state index in [1.165, 1.54) is 25.0 Å². The van der Waals surface area contributed by atoms with Crippen molar-refractivity contribution in [2.45, 2.75) is 13.3 Å². The van der Waals surface area contributed by atoms with E-state index in [0.717, 1.165) is 11.3 Å². The molecular formula is C21H24N2O5. The van der Waals surface area contributed by atoms with E-state index in [9.17, 15) is 14.4 Å². The third-order valence-corrected chi connectivity index (χ3v) is 4.13. The quantitative estimate of drug-likeness (QED) is 0.706. The van der Waals surface area contributed by atoms with Crippen LogP contribution in [0.5, 0.6) is 5.75 Å². The van der Waals surface area contributed by atoms with Gasteiger partial charge in [0.25, 0.3) is 0 Å². The minimum atomic E-state index is -0.506. The number of rotatable bonds is 8. The maximum Gasteiger partial charge on any atom is 0.337 e. The Morgan fingerprint density at radius 1 is 1.04 bits per heavy atom. The van der Waals surface area contributed by atoms with Gasteiger partial charge in [0.05, 0.1) is 19.8 Å². The van der Waals surface area contributed by atoms with Crippen LogP contribution in [0.25, 0.3) is 0 Å². The second-order valence-electron chi connectivity index (χ2n) is 6.10. The Bertz CT molecular complexity index is 850. The largest absolute Gasteiger partial charge is 0.497 e. The molecule has 0 radical (unpaired) electrons. The molecule has 1 N–H and O–H groups in total. The van der Waals surface area contributed by atoms with E-state index in [2.05, 4.69) is 5.32 Å². The van der Waals surface area contributed by atoms with Crippen molar-refractivity contribution in [3.05, 3.63) is 59.7 Å². The molecule has 0 heterocycles. The van der Waals surface area contributed by atoms with Crippen LogP contribution in [0.3, 0.4) is 0 Å². The van der Waals surface area contributed by atoms with Crippen LogP contribution in [0.2, 0.25) is 0 Å². The molecule has 0 aromatic heterocycles. The average molecular weight is 384 g/mol. The number of hydrogen-bond donors (Lipinski definition) is 1. The number of carbonyl (C=O) groups excluding carboxylic acids is 3. The van der Waals surface area contributed by atoms with Crippen molar-refractivity contribution >= 4 is 23.5 Å². The van der Waals surface area contributed by atoms with Crippen molar-refractivity contribution in [2.24, 2.45) is 0 Å². The highest BCUT2D eigenvalue weighted by atomic mass is 16.5. The highest BCUT2D eigenvalue weighted by Gasteiger charge is 2.17. The normalized spacial score (nSPS) is 10.1. The van der Waals surface area contributed by atoms with E-state index >= 15 is 0 Å². The number of nitrogens with one attached hydrogen (secondary N) is 1. The molecule has 2 rings (SSSR count). The number of hydrogen-bond acceptors (Lipinski definition) is 5. The fourth-order valence-electron chi connectivity index (χ4n) is 2.68. The van der Waals surface area contributed by atoms with Gasteiger partial charge in [0.15, 0.2) is 0 Å². The number of anilines is 1. The van der Waals surface area contributed by atoms with E-state index in [0.29, 0.717) is 24.2 Å². The molecule has 0 bridgehead atoms. The Morgan fingerprint density at radius 2 is 1.79 bits per heavy atom. The lowest BCUT2D eigenvalue weighted by Gasteiger charge is -2.21. The molecule has 0 fully saturated rings. The highest BCUT2D eigenvalue weighted by molar-refractivity contribution is 5.99. The van der Waals surface area contributed by atoms with E-state index in [1.807, 2.05) is 24.3 Å². The fraction of sp³-hybridized carbons (Fsp3) is 0.286. The Morgan fingerprint density at radius 3 is 2.46 bits per heavy atom. The third-order valence-electron chi connectivity index (χ3n) is 4.13. The topological polar surface area (TPSA) is 84.9 Å². The van der Waals surface area contributed by atoms with Gasteiger partial charge in [-0.25, -0.2) is 4.79 Å². The number of benzene rings is 2. The summed E-state index contributed by atoms with van der Waals surface area (Å²) in [6.45, 7) is 1.66. The van der Waals surface area contributed by atoms with Crippen LogP contribution in [0, 0.1) is 0 Å². The number of esters is 1. The first-order valence-electron chi connectivity index (χ1n) is 8.80. The van der Waals surface area contributed by atoms with Gasteiger partial charge in [-0.2, -0.15) is 0 Å². The van der Waals surface area contributed by atoms with Gasteiger partial charge in [-0.05, 0) is 42.3 Å². The minimum Gasteiger partial charge on any atom is -0.497 e. The van der Waals surface area contributed by atoms with Gasteiger partial charge in [0, 0.05) is 19.2 Å². The Labute approximate surface area is 164 Å². The first-order chi connectivity index (χ1) is 13.4. The van der Waals surface area contributed by atoms with Crippen LogP contribution in [0.4, 0.5) is 5.69 Å². The monoisotopic (exact) mass is 384 g/mol. The first-order valence-corrected chi connectivity index (χ1v) is 8.80. The SMILES string of the molecule is COC(=O)c1cccc(N(CC(=O)NCCc2cccc(OC)c2)C(C)=O)c1. The number of nitrogens with zero attached hydrogens (tertiary/aromatic N) is 1. The lowest BCUT2D eigenvalue weighted by Crippen LogP contribution is -2.40. The van der Waals surface area contributed by atoms with Crippen molar-refractivity contribution < 1.29 is 23.9 Å². The molecule has 2 amide bonds. The predicted octanol–water partition coefficient (Wildman–Crippen LogP) is 2.19. The number of methoxy groups -OCH3 is 2. The zero-order chi connectivity index (χ0) is 20.5. The van der Waals surface area contributed by atoms with Gasteiger partial charge < -0.3 is 19.7 Å². The molecule has 0 aliphatic carbocycles. The Kier molecular flexibility index (Phi) is 7.56. The fourth-order valence-corrected chi connectivity index (χ4v) is 2.68. The lowest BCUT2D eigenvalue weighted by atomic mass is 10.1. The number of carbonyl (C=O) groups is 3. The summed E-state index contributed by atoms with van der Waals surface area (Å²) in [6.07, 6.45) is 0.640. The molecule has 0 aliphatic rings. The van der Waals surface area contributed by atoms with Crippen LogP contribution in [-0.4, -0.2) is 45.1 Å². The molecule has 0 aliphatic heterocycles. The van der Waals surface area contributed by atoms with E-state index in [4.69, 9.17) is 9.47 Å². The van der Waals surface area contributed by atoms with Crippen LogP contribution >= 0.6 is 0 Å². The maximum atomic E-state index is 12.3. The summed E-state index contributed by atoms with van der Waals surface area (Å²) in [7, 11) is 2.89. The molecular weight excluding hydrogens is 360 g/mol. The molecule has 0 saturated heterocycles. The van der Waals surface area contributed by atoms with Gasteiger partial charge in [-0.15, -0.1) is 0 Å². The zero-order valence-corrected chi connectivity index (χ0v) is 16.2. The van der Waals surface area contributed by atoms with Crippen molar-refractivity contribution in [1.82, 2.24) is 5.32 Å². The molecule has 0 saturated carbocycles. The van der Waals surface area contributed by atoms with Gasteiger partial charge in [0.2, 0.25) is 11.8 Å². The minimum absolute atomic E-state index is 0.141. The summed E-state index contributed by atoms with van der Waals surface area (Å²) in [4.78, 5) is 37.3. The summed E-state index contributed by atoms with van der Waals surface area (Å²) in [5, 5.41) is 2.81. The molecule has 28 heavy (non-hydrogen) atoms. The van der Waals surface area contributed by atoms with E-state index < -0.39 is 5.97 Å². The second-order valence-corrected chi connectivity index (χ2v) is 6.10. The van der Waals surface area contributed by atoms with Crippen molar-refractivity contribution in [1.29, 1.82) is 0 Å². The molecule has 7 nitrogen and oxygen atoms in total. The zero-order valence-electron chi connectivity index (χ0n) is 16.2. The van der Waals surface area contributed by atoms with Gasteiger partial charge in [0.1, 0.15) is 12.3 Å². The van der Waals surface area contributed by atoms with E-state index in [-0.39, 0.29) is 18.4 Å². The Hall–Kier alpha value is -3.35. The smallest absolute Gasteiger partial charge is 0.337 e. The van der Waals surface area contributed by atoms with Crippen LogP contribution < -0.4 is 15.0 Å². The van der Waals surface area contributed by atoms with Crippen molar-refractivity contribution in [3.63, 3.8) is 0 Å². The lowest BCUT2D eigenvalue weighted by molar-refractivity contribution is -0.123. The predicted molar refractivity (Wildman–Crippen MR) is 106 cm³/mol. The first kappa shape index (κ1) is 21.0. The summed E-state index contributed by atoms with van der Waals surface area (Å²) < 4.78 is 9.87. The van der Waals surface area contributed by atoms with Crippen LogP contribution in [0.1, 0.15) is 22.8 Å². The van der Waals surface area contributed by atoms with Gasteiger partial charge >= 0.3 is 5.97 Å². The molecule has 7 heteroatoms. The maximum absolute atomic E-state index is 12.3. The molecule has 148 valence electrons. The molecule has 2 aromatic rings. The average Bonchev–Trinajstić information content (AvgIpc) is 2.71. The highest BCUT2D eigenvalue weighted by Crippen LogP contribution is 2.17. The molecule has 0 atom stereocenters. The molecule has 0 unspecified atom stereocenters. The summed E-state index contributed by atoms with van der Waals surface area (Å²) in [6, 6.07) is 14.0. The van der Waals surface area contributed by atoms with Crippen molar-refractivity contribution in [2.75, 3.05) is 32.2 Å². The third kappa shape index (κ3) is 5.84. The number of amides is 2. The van der Waals surface area contributed by atoms with Gasteiger partial charge in [-0.1, -0.05) is 18.2 Å². The summed E-state index contributed by atoms with van der Waals surface area (Å²) in [5.74, 6) is -0.336. The van der Waals surface area contributed by atoms with Crippen molar-refractivity contribution in [3.8, 4) is 5.75 Å². The van der Waals surface area contributed by atoms with E-state index in [1.54, 1.807) is 25.3 Å². The number of ether oxygens (including phenoxy) is 2. The van der Waals surface area contributed by atoms with Crippen LogP contribution in [0.15, 0.2) is 48.5 Å². The van der Waals surface area contributed by atoms with Crippen LogP contribution in [-0.2, 0) is 20.7 Å². The Balaban J connectivity index is 1.97. The second kappa shape index (κ2) is 10.1. The summed E-state index contributed by atoms with van der Waals surface area (Å²) in [5.41, 5.74) is 1.80. The standard InChI is InChI=1S/C21H24N2O5/c1-15(24)23(18-8-5-7-17(13-18)21(26)28-3)14-20(25)22-11-10-16-6-4-9-19(12-16)27-2/h4-9,12-13H,10-11,14H2,1-3H3,(H,22,25). The van der Waals surface area contributed by atoms with Gasteiger partial charge in [-0.3, -0.25) is 9.59 Å². The molecule has 2 aromatic carbocycles.